The van der Waals surface area contributed by atoms with Gasteiger partial charge in [-0.15, -0.1) is 0 Å². The van der Waals surface area contributed by atoms with E-state index in [9.17, 15) is 9.18 Å². The molecule has 21 heavy (non-hydrogen) atoms. The van der Waals surface area contributed by atoms with E-state index < -0.39 is 12.2 Å². The van der Waals surface area contributed by atoms with E-state index in [-0.39, 0.29) is 11.7 Å². The first kappa shape index (κ1) is 13.4. The molecule has 1 N–H and O–H groups in total. The van der Waals surface area contributed by atoms with Crippen molar-refractivity contribution in [1.29, 1.82) is 0 Å². The molecular formula is C16H14FNO3. The van der Waals surface area contributed by atoms with Gasteiger partial charge in [-0.05, 0) is 43.3 Å². The topological polar surface area (TPSA) is 47.6 Å². The van der Waals surface area contributed by atoms with Crippen molar-refractivity contribution < 1.29 is 18.7 Å². The van der Waals surface area contributed by atoms with Crippen molar-refractivity contribution in [3.63, 3.8) is 0 Å². The lowest BCUT2D eigenvalue weighted by atomic mass is 10.1. The van der Waals surface area contributed by atoms with Gasteiger partial charge < -0.3 is 14.8 Å². The molecule has 0 aliphatic carbocycles. The van der Waals surface area contributed by atoms with Crippen molar-refractivity contribution in [3.8, 4) is 11.5 Å². The van der Waals surface area contributed by atoms with E-state index in [2.05, 4.69) is 5.32 Å². The van der Waals surface area contributed by atoms with E-state index >= 15 is 0 Å². The molecule has 0 saturated carbocycles. The van der Waals surface area contributed by atoms with Crippen molar-refractivity contribution in [2.24, 2.45) is 0 Å². The maximum Gasteiger partial charge on any atom is 0.269 e. The van der Waals surface area contributed by atoms with E-state index in [0.29, 0.717) is 17.2 Å². The predicted octanol–water partition coefficient (Wildman–Crippen LogP) is 2.99. The Bertz CT molecular complexity index is 657. The molecule has 2 atom stereocenters. The fraction of sp³-hybridized carbons (Fsp3) is 0.188. The molecule has 5 heteroatoms. The number of hydrogen-bond acceptors (Lipinski definition) is 3. The van der Waals surface area contributed by atoms with Crippen LogP contribution in [0, 0.1) is 5.82 Å². The van der Waals surface area contributed by atoms with E-state index in [4.69, 9.17) is 9.47 Å². The fourth-order valence-corrected chi connectivity index (χ4v) is 2.15. The standard InChI is InChI=1S/C16H14FNO3/c1-10-15(21-14-5-3-2-4-13(14)20-10)16(19)18-12-8-6-11(17)7-9-12/h2-10,15H,1H3,(H,18,19)/t10-,15-/m1/s1. The summed E-state index contributed by atoms with van der Waals surface area (Å²) in [5.41, 5.74) is 0.510. The molecule has 3 rings (SSSR count). The van der Waals surface area contributed by atoms with Crippen LogP contribution in [0.3, 0.4) is 0 Å². The third-order valence-electron chi connectivity index (χ3n) is 3.21. The number of fused-ring (bicyclic) bond motifs is 1. The molecular weight excluding hydrogens is 273 g/mol. The van der Waals surface area contributed by atoms with Crippen LogP contribution in [0.1, 0.15) is 6.92 Å². The second kappa shape index (κ2) is 5.44. The Hall–Kier alpha value is -2.56. The lowest BCUT2D eigenvalue weighted by molar-refractivity contribution is -0.128. The molecule has 1 aliphatic heterocycles. The zero-order valence-corrected chi connectivity index (χ0v) is 11.4. The quantitative estimate of drug-likeness (QED) is 0.923. The monoisotopic (exact) mass is 287 g/mol. The lowest BCUT2D eigenvalue weighted by Gasteiger charge is -2.31. The number of ether oxygens (including phenoxy) is 2. The molecule has 1 amide bonds. The largest absolute Gasteiger partial charge is 0.482 e. The summed E-state index contributed by atoms with van der Waals surface area (Å²) < 4.78 is 24.2. The van der Waals surface area contributed by atoms with Gasteiger partial charge >= 0.3 is 0 Å². The van der Waals surface area contributed by atoms with Gasteiger partial charge in [-0.3, -0.25) is 4.79 Å². The first-order valence-corrected chi connectivity index (χ1v) is 6.62. The van der Waals surface area contributed by atoms with Crippen LogP contribution in [0.5, 0.6) is 11.5 Å². The molecule has 0 spiro atoms. The number of anilines is 1. The molecule has 2 aromatic carbocycles. The Morgan fingerprint density at radius 2 is 1.67 bits per heavy atom. The molecule has 0 fully saturated rings. The van der Waals surface area contributed by atoms with Crippen LogP contribution in [-0.4, -0.2) is 18.1 Å². The van der Waals surface area contributed by atoms with Crippen molar-refractivity contribution in [2.45, 2.75) is 19.1 Å². The van der Waals surface area contributed by atoms with Crippen molar-refractivity contribution in [2.75, 3.05) is 5.32 Å². The summed E-state index contributed by atoms with van der Waals surface area (Å²) in [6.07, 6.45) is -1.18. The molecule has 0 unspecified atom stereocenters. The molecule has 1 aliphatic rings. The highest BCUT2D eigenvalue weighted by Crippen LogP contribution is 2.33. The van der Waals surface area contributed by atoms with Crippen LogP contribution in [0.25, 0.3) is 0 Å². The minimum atomic E-state index is -0.759. The number of nitrogens with one attached hydrogen (secondary N) is 1. The van der Waals surface area contributed by atoms with Crippen molar-refractivity contribution in [1.82, 2.24) is 0 Å². The number of benzene rings is 2. The maximum absolute atomic E-state index is 12.8. The van der Waals surface area contributed by atoms with Gasteiger partial charge in [-0.1, -0.05) is 12.1 Å². The summed E-state index contributed by atoms with van der Waals surface area (Å²) in [7, 11) is 0. The summed E-state index contributed by atoms with van der Waals surface area (Å²) >= 11 is 0. The number of carbonyl (C=O) groups excluding carboxylic acids is 1. The average molecular weight is 287 g/mol. The fourth-order valence-electron chi connectivity index (χ4n) is 2.15. The van der Waals surface area contributed by atoms with E-state index in [1.807, 2.05) is 12.1 Å². The summed E-state index contributed by atoms with van der Waals surface area (Å²) in [5.74, 6) is 0.474. The normalized spacial score (nSPS) is 19.9. The molecule has 2 aromatic rings. The Morgan fingerprint density at radius 1 is 1.05 bits per heavy atom. The average Bonchev–Trinajstić information content (AvgIpc) is 2.49. The van der Waals surface area contributed by atoms with E-state index in [0.717, 1.165) is 0 Å². The van der Waals surface area contributed by atoms with Gasteiger partial charge in [0.1, 0.15) is 11.9 Å². The Labute approximate surface area is 121 Å². The maximum atomic E-state index is 12.8. The van der Waals surface area contributed by atoms with Crippen LogP contribution in [-0.2, 0) is 4.79 Å². The smallest absolute Gasteiger partial charge is 0.269 e. The molecule has 0 radical (unpaired) electrons. The first-order chi connectivity index (χ1) is 10.1. The van der Waals surface area contributed by atoms with Crippen LogP contribution < -0.4 is 14.8 Å². The summed E-state index contributed by atoms with van der Waals surface area (Å²) in [6.45, 7) is 1.77. The predicted molar refractivity (Wildman–Crippen MR) is 76.0 cm³/mol. The first-order valence-electron chi connectivity index (χ1n) is 6.62. The second-order valence-electron chi connectivity index (χ2n) is 4.80. The van der Waals surface area contributed by atoms with Crippen LogP contribution in [0.4, 0.5) is 10.1 Å². The number of halogens is 1. The summed E-state index contributed by atoms with van der Waals surface area (Å²) in [6, 6.07) is 12.8. The van der Waals surface area contributed by atoms with Gasteiger partial charge in [0.25, 0.3) is 5.91 Å². The second-order valence-corrected chi connectivity index (χ2v) is 4.80. The van der Waals surface area contributed by atoms with Crippen LogP contribution in [0.15, 0.2) is 48.5 Å². The molecule has 4 nitrogen and oxygen atoms in total. The number of hydrogen-bond donors (Lipinski definition) is 1. The third kappa shape index (κ3) is 2.81. The minimum Gasteiger partial charge on any atom is -0.482 e. The number of para-hydroxylation sites is 2. The Balaban J connectivity index is 1.74. The van der Waals surface area contributed by atoms with Gasteiger partial charge in [-0.25, -0.2) is 4.39 Å². The number of carbonyl (C=O) groups is 1. The molecule has 108 valence electrons. The van der Waals surface area contributed by atoms with Gasteiger partial charge in [-0.2, -0.15) is 0 Å². The SMILES string of the molecule is C[C@H]1Oc2ccccc2O[C@H]1C(=O)Nc1ccc(F)cc1. The number of rotatable bonds is 2. The third-order valence-corrected chi connectivity index (χ3v) is 3.21. The molecule has 0 bridgehead atoms. The number of amides is 1. The van der Waals surface area contributed by atoms with Gasteiger partial charge in [0, 0.05) is 5.69 Å². The van der Waals surface area contributed by atoms with E-state index in [1.54, 1.807) is 19.1 Å². The molecule has 1 heterocycles. The Morgan fingerprint density at radius 3 is 2.33 bits per heavy atom. The molecule has 0 aromatic heterocycles. The van der Waals surface area contributed by atoms with Crippen molar-refractivity contribution >= 4 is 11.6 Å². The highest BCUT2D eigenvalue weighted by atomic mass is 19.1. The Kier molecular flexibility index (Phi) is 3.48. The highest BCUT2D eigenvalue weighted by Gasteiger charge is 2.34. The van der Waals surface area contributed by atoms with Crippen LogP contribution >= 0.6 is 0 Å². The van der Waals surface area contributed by atoms with Gasteiger partial charge in [0.2, 0.25) is 6.10 Å². The lowest BCUT2D eigenvalue weighted by Crippen LogP contribution is -2.46. The molecule has 0 saturated heterocycles. The highest BCUT2D eigenvalue weighted by molar-refractivity contribution is 5.95. The van der Waals surface area contributed by atoms with Gasteiger partial charge in [0.05, 0.1) is 0 Å². The zero-order valence-electron chi connectivity index (χ0n) is 11.4. The van der Waals surface area contributed by atoms with Crippen LogP contribution in [0.2, 0.25) is 0 Å². The van der Waals surface area contributed by atoms with E-state index in [1.165, 1.54) is 24.3 Å². The minimum absolute atomic E-state index is 0.330. The summed E-state index contributed by atoms with van der Waals surface area (Å²) in [4.78, 5) is 12.3. The van der Waals surface area contributed by atoms with Gasteiger partial charge in [0.15, 0.2) is 11.5 Å². The summed E-state index contributed by atoms with van der Waals surface area (Å²) in [5, 5.41) is 2.69. The zero-order chi connectivity index (χ0) is 14.8. The van der Waals surface area contributed by atoms with Crippen molar-refractivity contribution in [3.05, 3.63) is 54.3 Å².